The van der Waals surface area contributed by atoms with Crippen LogP contribution in [0, 0.1) is 0 Å². The lowest BCUT2D eigenvalue weighted by molar-refractivity contribution is 1.05. The third-order valence-electron chi connectivity index (χ3n) is 2.73. The molecule has 2 aromatic heterocycles. The topological polar surface area (TPSA) is 92.5 Å². The van der Waals surface area contributed by atoms with Crippen molar-refractivity contribution in [3.63, 3.8) is 0 Å². The molecule has 0 aliphatic heterocycles. The lowest BCUT2D eigenvalue weighted by atomic mass is 10.2. The van der Waals surface area contributed by atoms with Gasteiger partial charge in [0.2, 0.25) is 5.95 Å². The Labute approximate surface area is 124 Å². The van der Waals surface area contributed by atoms with Gasteiger partial charge < -0.3 is 0 Å². The molecule has 0 aliphatic rings. The van der Waals surface area contributed by atoms with Crippen LogP contribution in [0.5, 0.6) is 0 Å². The molecule has 3 aromatic rings. The molecule has 20 heavy (non-hydrogen) atoms. The molecule has 0 atom stereocenters. The number of rotatable bonds is 4. The minimum Gasteiger partial charge on any atom is -0.292 e. The zero-order chi connectivity index (χ0) is 13.9. The molecule has 0 amide bonds. The van der Waals surface area contributed by atoms with Gasteiger partial charge >= 0.3 is 0 Å². The normalized spacial score (nSPS) is 10.9. The first-order valence-electron chi connectivity index (χ1n) is 5.82. The summed E-state index contributed by atoms with van der Waals surface area (Å²) >= 11 is 7.71. The molecule has 0 saturated carbocycles. The van der Waals surface area contributed by atoms with Gasteiger partial charge in [-0.05, 0) is 11.6 Å². The molecule has 0 spiro atoms. The second-order valence-corrected chi connectivity index (χ2v) is 5.38. The number of thioether (sulfide) groups is 1. The summed E-state index contributed by atoms with van der Waals surface area (Å²) in [5.41, 5.74) is 4.15. The summed E-state index contributed by atoms with van der Waals surface area (Å²) in [6, 6.07) is 7.73. The minimum absolute atomic E-state index is 0.350. The van der Waals surface area contributed by atoms with Crippen LogP contribution in [0.1, 0.15) is 5.56 Å². The zero-order valence-corrected chi connectivity index (χ0v) is 11.9. The molecular weight excluding hydrogens is 296 g/mol. The number of fused-ring (bicyclic) bond motifs is 1. The van der Waals surface area contributed by atoms with Crippen molar-refractivity contribution in [3.05, 3.63) is 41.0 Å². The van der Waals surface area contributed by atoms with Gasteiger partial charge in [-0.2, -0.15) is 10.1 Å². The Bertz CT molecular complexity index is 744. The van der Waals surface area contributed by atoms with Crippen LogP contribution in [0.4, 0.5) is 5.95 Å². The smallest absolute Gasteiger partial charge is 0.240 e. The van der Waals surface area contributed by atoms with Gasteiger partial charge in [-0.25, -0.2) is 10.8 Å². The monoisotopic (exact) mass is 306 g/mol. The molecule has 4 N–H and O–H groups in total. The van der Waals surface area contributed by atoms with E-state index in [1.807, 2.05) is 24.3 Å². The number of benzene rings is 1. The van der Waals surface area contributed by atoms with Gasteiger partial charge in [0, 0.05) is 10.8 Å². The number of H-pyrrole nitrogens is 1. The summed E-state index contributed by atoms with van der Waals surface area (Å²) < 4.78 is 0. The van der Waals surface area contributed by atoms with Crippen molar-refractivity contribution < 1.29 is 0 Å². The van der Waals surface area contributed by atoms with E-state index in [-0.39, 0.29) is 0 Å². The summed E-state index contributed by atoms with van der Waals surface area (Å²) in [6.45, 7) is 0. The van der Waals surface area contributed by atoms with Gasteiger partial charge in [-0.15, -0.1) is 11.8 Å². The molecule has 0 saturated heterocycles. The molecule has 0 fully saturated rings. The molecule has 102 valence electrons. The van der Waals surface area contributed by atoms with Gasteiger partial charge in [0.15, 0.2) is 5.65 Å². The van der Waals surface area contributed by atoms with E-state index in [1.165, 1.54) is 0 Å². The van der Waals surface area contributed by atoms with Crippen LogP contribution in [-0.4, -0.2) is 20.2 Å². The average molecular weight is 307 g/mol. The van der Waals surface area contributed by atoms with E-state index in [0.717, 1.165) is 21.0 Å². The Kier molecular flexibility index (Phi) is 3.72. The molecule has 1 aromatic carbocycles. The molecule has 2 heterocycles. The van der Waals surface area contributed by atoms with Crippen molar-refractivity contribution in [2.45, 2.75) is 10.8 Å². The third kappa shape index (κ3) is 2.55. The van der Waals surface area contributed by atoms with Crippen molar-refractivity contribution in [2.75, 3.05) is 5.43 Å². The van der Waals surface area contributed by atoms with Crippen LogP contribution >= 0.6 is 23.4 Å². The van der Waals surface area contributed by atoms with Crippen molar-refractivity contribution >= 4 is 40.3 Å². The third-order valence-corrected chi connectivity index (χ3v) is 4.13. The van der Waals surface area contributed by atoms with Gasteiger partial charge in [-0.1, -0.05) is 29.8 Å². The number of anilines is 1. The number of aromatic nitrogens is 4. The van der Waals surface area contributed by atoms with E-state index in [9.17, 15) is 0 Å². The molecule has 3 rings (SSSR count). The second-order valence-electron chi connectivity index (χ2n) is 4.01. The highest BCUT2D eigenvalue weighted by atomic mass is 35.5. The van der Waals surface area contributed by atoms with E-state index in [4.69, 9.17) is 17.4 Å². The van der Waals surface area contributed by atoms with Crippen molar-refractivity contribution in [1.82, 2.24) is 20.2 Å². The lowest BCUT2D eigenvalue weighted by Gasteiger charge is -2.06. The Morgan fingerprint density at radius 1 is 1.30 bits per heavy atom. The number of hydrogen-bond donors (Lipinski definition) is 3. The van der Waals surface area contributed by atoms with E-state index < -0.39 is 0 Å². The summed E-state index contributed by atoms with van der Waals surface area (Å²) in [7, 11) is 0. The molecule has 0 aliphatic carbocycles. The highest BCUT2D eigenvalue weighted by molar-refractivity contribution is 7.98. The summed E-state index contributed by atoms with van der Waals surface area (Å²) in [6.07, 6.45) is 1.70. The Morgan fingerprint density at radius 3 is 2.95 bits per heavy atom. The van der Waals surface area contributed by atoms with Crippen LogP contribution in [0.25, 0.3) is 11.0 Å². The Balaban J connectivity index is 1.90. The van der Waals surface area contributed by atoms with Crippen LogP contribution < -0.4 is 11.3 Å². The summed E-state index contributed by atoms with van der Waals surface area (Å²) in [4.78, 5) is 8.53. The maximum atomic E-state index is 6.15. The van der Waals surface area contributed by atoms with E-state index in [0.29, 0.717) is 17.3 Å². The van der Waals surface area contributed by atoms with Gasteiger partial charge in [0.1, 0.15) is 5.03 Å². The maximum Gasteiger partial charge on any atom is 0.240 e. The predicted molar refractivity (Wildman–Crippen MR) is 80.5 cm³/mol. The number of nitrogens with two attached hydrogens (primary N) is 1. The largest absolute Gasteiger partial charge is 0.292 e. The number of halogens is 1. The first kappa shape index (κ1) is 13.2. The number of aromatic amines is 1. The van der Waals surface area contributed by atoms with Crippen LogP contribution in [-0.2, 0) is 5.75 Å². The van der Waals surface area contributed by atoms with Gasteiger partial charge in [0.05, 0.1) is 11.6 Å². The summed E-state index contributed by atoms with van der Waals surface area (Å²) in [5, 5.41) is 9.19. The highest BCUT2D eigenvalue weighted by Gasteiger charge is 2.10. The average Bonchev–Trinajstić information content (AvgIpc) is 2.94. The number of nitrogens with one attached hydrogen (secondary N) is 2. The number of nitrogen functional groups attached to an aromatic ring is 1. The first-order valence-corrected chi connectivity index (χ1v) is 7.18. The second kappa shape index (κ2) is 5.66. The Morgan fingerprint density at radius 2 is 2.15 bits per heavy atom. The molecular formula is C12H11ClN6S. The maximum absolute atomic E-state index is 6.15. The first-order chi connectivity index (χ1) is 9.78. The SMILES string of the molecule is NNc1nc(SCc2ccccc2Cl)c2cn[nH]c2n1. The van der Waals surface area contributed by atoms with Crippen molar-refractivity contribution in [1.29, 1.82) is 0 Å². The molecule has 0 radical (unpaired) electrons. The highest BCUT2D eigenvalue weighted by Crippen LogP contribution is 2.30. The van der Waals surface area contributed by atoms with Crippen LogP contribution in [0.3, 0.4) is 0 Å². The molecule has 0 bridgehead atoms. The van der Waals surface area contributed by atoms with E-state index in [1.54, 1.807) is 18.0 Å². The Hall–Kier alpha value is -1.83. The fraction of sp³-hybridized carbons (Fsp3) is 0.0833. The molecule has 6 nitrogen and oxygen atoms in total. The predicted octanol–water partition coefficient (Wildman–Crippen LogP) is 2.58. The standard InChI is InChI=1S/C12H11ClN6S/c13-9-4-2-1-3-7(9)6-20-11-8-5-15-19-10(8)16-12(17-11)18-14/h1-5H,6,14H2,(H2,15,16,17,18,19). The minimum atomic E-state index is 0.350. The van der Waals surface area contributed by atoms with Gasteiger partial charge in [-0.3, -0.25) is 10.5 Å². The van der Waals surface area contributed by atoms with Crippen molar-refractivity contribution in [2.24, 2.45) is 5.84 Å². The molecule has 0 unspecified atom stereocenters. The quantitative estimate of drug-likeness (QED) is 0.297. The fourth-order valence-corrected chi connectivity index (χ4v) is 3.03. The van der Waals surface area contributed by atoms with E-state index >= 15 is 0 Å². The van der Waals surface area contributed by atoms with E-state index in [2.05, 4.69) is 25.6 Å². The number of nitrogens with zero attached hydrogens (tertiary/aromatic N) is 3. The van der Waals surface area contributed by atoms with Gasteiger partial charge in [0.25, 0.3) is 0 Å². The zero-order valence-electron chi connectivity index (χ0n) is 10.3. The number of hydrazine groups is 1. The van der Waals surface area contributed by atoms with Crippen molar-refractivity contribution in [3.8, 4) is 0 Å². The van der Waals surface area contributed by atoms with Crippen LogP contribution in [0.15, 0.2) is 35.5 Å². The molecule has 8 heteroatoms. The van der Waals surface area contributed by atoms with Crippen LogP contribution in [0.2, 0.25) is 5.02 Å². The lowest BCUT2D eigenvalue weighted by Crippen LogP contribution is -2.10. The summed E-state index contributed by atoms with van der Waals surface area (Å²) in [5.74, 6) is 6.43. The number of hydrogen-bond acceptors (Lipinski definition) is 6. The fourth-order valence-electron chi connectivity index (χ4n) is 1.74.